The Bertz CT molecular complexity index is 1050. The van der Waals surface area contributed by atoms with Gasteiger partial charge in [-0.05, 0) is 67.0 Å². The van der Waals surface area contributed by atoms with Crippen LogP contribution >= 0.6 is 0 Å². The molecule has 1 aliphatic heterocycles. The van der Waals surface area contributed by atoms with Crippen LogP contribution in [0, 0.1) is 11.8 Å². The van der Waals surface area contributed by atoms with Crippen molar-refractivity contribution < 1.29 is 23.7 Å². The predicted molar refractivity (Wildman–Crippen MR) is 147 cm³/mol. The molecular weight excluding hydrogens is 470 g/mol. The molecule has 8 heteroatoms. The van der Waals surface area contributed by atoms with Crippen molar-refractivity contribution in [1.29, 1.82) is 0 Å². The second-order valence-electron chi connectivity index (χ2n) is 10.1. The van der Waals surface area contributed by atoms with Crippen LogP contribution in [-0.4, -0.2) is 57.2 Å². The molecule has 202 valence electrons. The van der Waals surface area contributed by atoms with Gasteiger partial charge < -0.3 is 24.3 Å². The fourth-order valence-electron chi connectivity index (χ4n) is 3.95. The number of methoxy groups -OCH3 is 2. The number of hydrazone groups is 1. The van der Waals surface area contributed by atoms with Crippen LogP contribution in [0.2, 0.25) is 0 Å². The molecule has 37 heavy (non-hydrogen) atoms. The normalized spacial score (nSPS) is 15.8. The highest BCUT2D eigenvalue weighted by atomic mass is 16.5. The molecule has 1 fully saturated rings. The molecule has 1 saturated heterocycles. The molecule has 0 saturated carbocycles. The van der Waals surface area contributed by atoms with Crippen LogP contribution in [0.15, 0.2) is 41.5 Å². The number of nitrogens with one attached hydrogen (secondary N) is 1. The van der Waals surface area contributed by atoms with E-state index in [0.717, 1.165) is 24.8 Å². The lowest BCUT2D eigenvalue weighted by molar-refractivity contribution is -0.122. The zero-order chi connectivity index (χ0) is 26.8. The SMILES string of the molecule is COc1ccc(/C=N\N2CCCC[C@@H]2C(=O)Nc2ccc(OC)c(OCC(C)C)c2)cc1OCC(C)C. The molecule has 0 bridgehead atoms. The first kappa shape index (κ1) is 28.2. The zero-order valence-corrected chi connectivity index (χ0v) is 23.0. The van der Waals surface area contributed by atoms with Crippen LogP contribution in [0.5, 0.6) is 23.0 Å². The Labute approximate surface area is 220 Å². The molecule has 1 aliphatic rings. The minimum absolute atomic E-state index is 0.0903. The Kier molecular flexibility index (Phi) is 10.5. The van der Waals surface area contributed by atoms with Crippen LogP contribution in [0.4, 0.5) is 5.69 Å². The van der Waals surface area contributed by atoms with Gasteiger partial charge in [0.05, 0.1) is 33.6 Å². The fraction of sp³-hybridized carbons (Fsp3) is 0.517. The number of amides is 1. The standard InChI is InChI=1S/C29H41N3O5/c1-20(2)18-36-27-15-22(10-12-25(27)34-5)17-30-32-14-8-7-9-24(32)29(33)31-23-11-13-26(35-6)28(16-23)37-19-21(3)4/h10-13,15-17,20-21,24H,7-9,14,18-19H2,1-6H3,(H,31,33)/b30-17-/t24-/m1/s1. The van der Waals surface area contributed by atoms with E-state index in [9.17, 15) is 4.79 Å². The number of piperidine rings is 1. The molecule has 0 aliphatic carbocycles. The highest BCUT2D eigenvalue weighted by Crippen LogP contribution is 2.31. The van der Waals surface area contributed by atoms with Crippen LogP contribution in [0.25, 0.3) is 0 Å². The number of carbonyl (C=O) groups excluding carboxylic acids is 1. The van der Waals surface area contributed by atoms with Gasteiger partial charge in [-0.1, -0.05) is 27.7 Å². The van der Waals surface area contributed by atoms with Gasteiger partial charge in [-0.3, -0.25) is 9.80 Å². The van der Waals surface area contributed by atoms with Crippen molar-refractivity contribution in [3.63, 3.8) is 0 Å². The molecule has 1 amide bonds. The number of anilines is 1. The van der Waals surface area contributed by atoms with Gasteiger partial charge in [0.2, 0.25) is 5.91 Å². The van der Waals surface area contributed by atoms with E-state index in [2.05, 4.69) is 38.1 Å². The summed E-state index contributed by atoms with van der Waals surface area (Å²) < 4.78 is 22.7. The summed E-state index contributed by atoms with van der Waals surface area (Å²) in [4.78, 5) is 13.3. The van der Waals surface area contributed by atoms with Crippen molar-refractivity contribution in [2.45, 2.75) is 53.0 Å². The van der Waals surface area contributed by atoms with E-state index in [1.807, 2.05) is 41.4 Å². The largest absolute Gasteiger partial charge is 0.493 e. The van der Waals surface area contributed by atoms with Gasteiger partial charge in [-0.2, -0.15) is 5.10 Å². The van der Waals surface area contributed by atoms with Gasteiger partial charge in [-0.25, -0.2) is 0 Å². The summed E-state index contributed by atoms with van der Waals surface area (Å²) in [7, 11) is 3.24. The van der Waals surface area contributed by atoms with Crippen LogP contribution in [0.3, 0.4) is 0 Å². The smallest absolute Gasteiger partial charge is 0.248 e. The molecule has 0 spiro atoms. The lowest BCUT2D eigenvalue weighted by Crippen LogP contribution is -2.44. The Morgan fingerprint density at radius 2 is 1.57 bits per heavy atom. The molecule has 8 nitrogen and oxygen atoms in total. The number of hydrogen-bond donors (Lipinski definition) is 1. The Balaban J connectivity index is 1.72. The molecule has 0 radical (unpaired) electrons. The molecule has 3 rings (SSSR count). The van der Waals surface area contributed by atoms with Crippen molar-refractivity contribution in [2.24, 2.45) is 16.9 Å². The van der Waals surface area contributed by atoms with Gasteiger partial charge in [-0.15, -0.1) is 0 Å². The van der Waals surface area contributed by atoms with E-state index >= 15 is 0 Å². The van der Waals surface area contributed by atoms with E-state index in [0.29, 0.717) is 60.3 Å². The molecule has 0 aromatic heterocycles. The number of ether oxygens (including phenoxy) is 4. The summed E-state index contributed by atoms with van der Waals surface area (Å²) >= 11 is 0. The van der Waals surface area contributed by atoms with Crippen LogP contribution < -0.4 is 24.3 Å². The Hall–Kier alpha value is -3.42. The highest BCUT2D eigenvalue weighted by molar-refractivity contribution is 5.95. The predicted octanol–water partition coefficient (Wildman–Crippen LogP) is 5.60. The molecule has 2 aromatic carbocycles. The summed E-state index contributed by atoms with van der Waals surface area (Å²) in [6, 6.07) is 10.8. The quantitative estimate of drug-likeness (QED) is 0.374. The molecule has 1 atom stereocenters. The lowest BCUT2D eigenvalue weighted by Gasteiger charge is -2.32. The number of hydrogen-bond acceptors (Lipinski definition) is 7. The summed E-state index contributed by atoms with van der Waals surface area (Å²) in [5, 5.41) is 9.61. The van der Waals surface area contributed by atoms with E-state index in [1.54, 1.807) is 20.4 Å². The lowest BCUT2D eigenvalue weighted by atomic mass is 10.0. The first-order valence-corrected chi connectivity index (χ1v) is 13.0. The van der Waals surface area contributed by atoms with E-state index in [-0.39, 0.29) is 11.9 Å². The minimum atomic E-state index is -0.359. The monoisotopic (exact) mass is 511 g/mol. The molecule has 1 heterocycles. The van der Waals surface area contributed by atoms with E-state index in [4.69, 9.17) is 18.9 Å². The van der Waals surface area contributed by atoms with Gasteiger partial charge in [0, 0.05) is 18.3 Å². The van der Waals surface area contributed by atoms with Crippen molar-refractivity contribution in [2.75, 3.05) is 39.3 Å². The summed E-state index contributed by atoms with van der Waals surface area (Å²) in [6.45, 7) is 10.3. The first-order valence-electron chi connectivity index (χ1n) is 13.0. The summed E-state index contributed by atoms with van der Waals surface area (Å²) in [5.41, 5.74) is 1.55. The number of benzene rings is 2. The first-order chi connectivity index (χ1) is 17.8. The average molecular weight is 512 g/mol. The van der Waals surface area contributed by atoms with E-state index < -0.39 is 0 Å². The van der Waals surface area contributed by atoms with E-state index in [1.165, 1.54) is 0 Å². The molecular formula is C29H41N3O5. The van der Waals surface area contributed by atoms with Crippen LogP contribution in [-0.2, 0) is 4.79 Å². The van der Waals surface area contributed by atoms with Gasteiger partial charge >= 0.3 is 0 Å². The molecule has 2 aromatic rings. The number of nitrogens with zero attached hydrogens (tertiary/aromatic N) is 2. The number of rotatable bonds is 12. The minimum Gasteiger partial charge on any atom is -0.493 e. The van der Waals surface area contributed by atoms with Gasteiger partial charge in [0.25, 0.3) is 0 Å². The fourth-order valence-corrected chi connectivity index (χ4v) is 3.95. The zero-order valence-electron chi connectivity index (χ0n) is 23.0. The number of carbonyl (C=O) groups is 1. The third-order valence-electron chi connectivity index (χ3n) is 5.90. The van der Waals surface area contributed by atoms with Crippen molar-refractivity contribution in [3.8, 4) is 23.0 Å². The third-order valence-corrected chi connectivity index (χ3v) is 5.90. The Morgan fingerprint density at radius 3 is 2.19 bits per heavy atom. The van der Waals surface area contributed by atoms with Gasteiger partial charge in [0.15, 0.2) is 23.0 Å². The second kappa shape index (κ2) is 13.8. The maximum atomic E-state index is 13.3. The summed E-state index contributed by atoms with van der Waals surface area (Å²) in [5.74, 6) is 3.31. The third kappa shape index (κ3) is 8.30. The Morgan fingerprint density at radius 1 is 0.946 bits per heavy atom. The molecule has 1 N–H and O–H groups in total. The van der Waals surface area contributed by atoms with Crippen molar-refractivity contribution >= 4 is 17.8 Å². The summed E-state index contributed by atoms with van der Waals surface area (Å²) in [6.07, 6.45) is 4.48. The van der Waals surface area contributed by atoms with Crippen molar-refractivity contribution in [3.05, 3.63) is 42.0 Å². The van der Waals surface area contributed by atoms with Gasteiger partial charge in [0.1, 0.15) is 6.04 Å². The maximum absolute atomic E-state index is 13.3. The highest BCUT2D eigenvalue weighted by Gasteiger charge is 2.28. The maximum Gasteiger partial charge on any atom is 0.248 e. The molecule has 0 unspecified atom stereocenters. The van der Waals surface area contributed by atoms with Crippen molar-refractivity contribution in [1.82, 2.24) is 5.01 Å². The second-order valence-corrected chi connectivity index (χ2v) is 10.1. The average Bonchev–Trinajstić information content (AvgIpc) is 2.89. The topological polar surface area (TPSA) is 81.6 Å². The van der Waals surface area contributed by atoms with Crippen LogP contribution in [0.1, 0.15) is 52.5 Å².